The summed E-state index contributed by atoms with van der Waals surface area (Å²) >= 11 is 0. The lowest BCUT2D eigenvalue weighted by Gasteiger charge is -2.00. The Balaban J connectivity index is 2.09. The van der Waals surface area contributed by atoms with E-state index in [9.17, 15) is 4.79 Å². The molecule has 7 heteroatoms. The van der Waals surface area contributed by atoms with Gasteiger partial charge < -0.3 is 20.3 Å². The Bertz CT molecular complexity index is 666. The number of aldehydes is 1. The van der Waals surface area contributed by atoms with Crippen LogP contribution < -0.4 is 15.2 Å². The third-order valence-electron chi connectivity index (χ3n) is 3.11. The van der Waals surface area contributed by atoms with Gasteiger partial charge in [-0.15, -0.1) is 0 Å². The highest BCUT2D eigenvalue weighted by molar-refractivity contribution is 5.91. The molecule has 2 heterocycles. The topological polar surface area (TPSA) is 99.6 Å². The van der Waals surface area contributed by atoms with E-state index in [0.717, 1.165) is 0 Å². The second-order valence-corrected chi connectivity index (χ2v) is 4.28. The number of aliphatic hydroxyl groups is 1. The van der Waals surface area contributed by atoms with Crippen LogP contribution >= 0.6 is 0 Å². The summed E-state index contributed by atoms with van der Waals surface area (Å²) < 4.78 is 11.9. The number of carbonyl (C=O) groups is 1. The fourth-order valence-electron chi connectivity index (χ4n) is 2.13. The van der Waals surface area contributed by atoms with Gasteiger partial charge >= 0.3 is 0 Å². The molecule has 0 saturated carbocycles. The summed E-state index contributed by atoms with van der Waals surface area (Å²) in [6, 6.07) is 5.29. The van der Waals surface area contributed by atoms with Crippen LogP contribution in [-0.2, 0) is 6.54 Å². The number of benzene rings is 1. The molecule has 0 spiro atoms. The molecule has 1 aliphatic rings. The van der Waals surface area contributed by atoms with E-state index in [0.29, 0.717) is 34.6 Å². The zero-order valence-electron chi connectivity index (χ0n) is 10.6. The van der Waals surface area contributed by atoms with Crippen LogP contribution in [0.25, 0.3) is 11.3 Å². The van der Waals surface area contributed by atoms with Gasteiger partial charge in [-0.2, -0.15) is 5.10 Å². The summed E-state index contributed by atoms with van der Waals surface area (Å²) in [5, 5.41) is 13.2. The SMILES string of the molecule is Nc1c(C=O)c(-c2ccc3c(c2)OCO3)nn1CCO. The van der Waals surface area contributed by atoms with Crippen molar-refractivity contribution in [3.8, 4) is 22.8 Å². The number of anilines is 1. The van der Waals surface area contributed by atoms with Gasteiger partial charge in [-0.1, -0.05) is 0 Å². The van der Waals surface area contributed by atoms with Crippen LogP contribution in [-0.4, -0.2) is 34.6 Å². The molecule has 0 amide bonds. The number of aromatic nitrogens is 2. The molecular formula is C13H13N3O4. The number of fused-ring (bicyclic) bond motifs is 1. The highest BCUT2D eigenvalue weighted by atomic mass is 16.7. The van der Waals surface area contributed by atoms with Crippen molar-refractivity contribution in [2.24, 2.45) is 0 Å². The molecule has 0 atom stereocenters. The van der Waals surface area contributed by atoms with Gasteiger partial charge in [0.15, 0.2) is 17.8 Å². The molecule has 0 bridgehead atoms. The lowest BCUT2D eigenvalue weighted by Crippen LogP contribution is -2.08. The predicted octanol–water partition coefficient (Wildman–Crippen LogP) is 0.666. The van der Waals surface area contributed by atoms with E-state index in [1.165, 1.54) is 4.68 Å². The summed E-state index contributed by atoms with van der Waals surface area (Å²) in [5.41, 5.74) is 7.33. The van der Waals surface area contributed by atoms with Gasteiger partial charge in [-0.3, -0.25) is 4.79 Å². The molecule has 104 valence electrons. The predicted molar refractivity (Wildman–Crippen MR) is 70.7 cm³/mol. The Morgan fingerprint density at radius 2 is 2.20 bits per heavy atom. The second-order valence-electron chi connectivity index (χ2n) is 4.28. The zero-order valence-corrected chi connectivity index (χ0v) is 10.6. The first kappa shape index (κ1) is 12.5. The van der Waals surface area contributed by atoms with Crippen LogP contribution in [0.3, 0.4) is 0 Å². The van der Waals surface area contributed by atoms with E-state index < -0.39 is 0 Å². The van der Waals surface area contributed by atoms with E-state index in [1.54, 1.807) is 18.2 Å². The van der Waals surface area contributed by atoms with Gasteiger partial charge in [-0.25, -0.2) is 4.68 Å². The average molecular weight is 275 g/mol. The molecule has 1 aromatic carbocycles. The van der Waals surface area contributed by atoms with E-state index >= 15 is 0 Å². The molecule has 0 fully saturated rings. The van der Waals surface area contributed by atoms with Gasteiger partial charge in [-0.05, 0) is 18.2 Å². The molecule has 1 aliphatic heterocycles. The van der Waals surface area contributed by atoms with Crippen molar-refractivity contribution >= 4 is 12.1 Å². The normalized spacial score (nSPS) is 12.7. The van der Waals surface area contributed by atoms with Crippen molar-refractivity contribution in [3.63, 3.8) is 0 Å². The number of hydrogen-bond acceptors (Lipinski definition) is 6. The van der Waals surface area contributed by atoms with Gasteiger partial charge in [0.25, 0.3) is 0 Å². The number of nitrogens with two attached hydrogens (primary N) is 1. The minimum Gasteiger partial charge on any atom is -0.454 e. The van der Waals surface area contributed by atoms with Gasteiger partial charge in [0.05, 0.1) is 18.7 Å². The zero-order chi connectivity index (χ0) is 14.1. The quantitative estimate of drug-likeness (QED) is 0.795. The van der Waals surface area contributed by atoms with E-state index in [4.69, 9.17) is 20.3 Å². The summed E-state index contributed by atoms with van der Waals surface area (Å²) in [6.45, 7) is 0.308. The third kappa shape index (κ3) is 1.88. The summed E-state index contributed by atoms with van der Waals surface area (Å²) in [5.74, 6) is 1.50. The van der Waals surface area contributed by atoms with Crippen LogP contribution in [0.15, 0.2) is 18.2 Å². The molecule has 7 nitrogen and oxygen atoms in total. The number of aliphatic hydroxyl groups excluding tert-OH is 1. The first-order valence-corrected chi connectivity index (χ1v) is 6.07. The smallest absolute Gasteiger partial charge is 0.231 e. The number of rotatable bonds is 4. The highest BCUT2D eigenvalue weighted by Crippen LogP contribution is 2.36. The van der Waals surface area contributed by atoms with Crippen LogP contribution in [0.4, 0.5) is 5.82 Å². The molecule has 2 aromatic rings. The van der Waals surface area contributed by atoms with Gasteiger partial charge in [0, 0.05) is 5.56 Å². The fourth-order valence-corrected chi connectivity index (χ4v) is 2.13. The van der Waals surface area contributed by atoms with Crippen molar-refractivity contribution in [2.75, 3.05) is 19.1 Å². The minimum absolute atomic E-state index is 0.106. The Hall–Kier alpha value is -2.54. The monoisotopic (exact) mass is 275 g/mol. The summed E-state index contributed by atoms with van der Waals surface area (Å²) in [7, 11) is 0. The number of nitrogens with zero attached hydrogens (tertiary/aromatic N) is 2. The molecule has 3 rings (SSSR count). The molecule has 1 aromatic heterocycles. The Labute approximate surface area is 114 Å². The van der Waals surface area contributed by atoms with E-state index in [2.05, 4.69) is 5.10 Å². The third-order valence-corrected chi connectivity index (χ3v) is 3.11. The second kappa shape index (κ2) is 4.86. The van der Waals surface area contributed by atoms with E-state index in [1.807, 2.05) is 0 Å². The highest BCUT2D eigenvalue weighted by Gasteiger charge is 2.20. The maximum Gasteiger partial charge on any atom is 0.231 e. The number of nitrogen functional groups attached to an aromatic ring is 1. The standard InChI is InChI=1S/C13H13N3O4/c14-13-9(6-18)12(15-16(13)3-4-17)8-1-2-10-11(5-8)20-7-19-10/h1-2,5-6,17H,3-4,7,14H2. The Morgan fingerprint density at radius 1 is 1.40 bits per heavy atom. The Kier molecular flexibility index (Phi) is 3.03. The molecule has 20 heavy (non-hydrogen) atoms. The molecule has 0 aliphatic carbocycles. The van der Waals surface area contributed by atoms with Crippen molar-refractivity contribution < 1.29 is 19.4 Å². The van der Waals surface area contributed by atoms with Crippen molar-refractivity contribution in [1.29, 1.82) is 0 Å². The minimum atomic E-state index is -0.106. The fraction of sp³-hybridized carbons (Fsp3) is 0.231. The first-order valence-electron chi connectivity index (χ1n) is 6.07. The average Bonchev–Trinajstić information content (AvgIpc) is 3.03. The lowest BCUT2D eigenvalue weighted by atomic mass is 10.1. The van der Waals surface area contributed by atoms with Crippen LogP contribution in [0.2, 0.25) is 0 Å². The van der Waals surface area contributed by atoms with Crippen molar-refractivity contribution in [1.82, 2.24) is 9.78 Å². The van der Waals surface area contributed by atoms with Gasteiger partial charge in [0.1, 0.15) is 11.5 Å². The molecule has 0 saturated heterocycles. The van der Waals surface area contributed by atoms with Crippen LogP contribution in [0.1, 0.15) is 10.4 Å². The maximum absolute atomic E-state index is 11.2. The summed E-state index contributed by atoms with van der Waals surface area (Å²) in [4.78, 5) is 11.2. The number of hydrogen-bond donors (Lipinski definition) is 2. The molecular weight excluding hydrogens is 262 g/mol. The lowest BCUT2D eigenvalue weighted by molar-refractivity contribution is 0.112. The van der Waals surface area contributed by atoms with Crippen molar-refractivity contribution in [3.05, 3.63) is 23.8 Å². The van der Waals surface area contributed by atoms with Crippen LogP contribution in [0, 0.1) is 0 Å². The largest absolute Gasteiger partial charge is 0.454 e. The maximum atomic E-state index is 11.2. The van der Waals surface area contributed by atoms with E-state index in [-0.39, 0.29) is 25.8 Å². The molecule has 0 unspecified atom stereocenters. The van der Waals surface area contributed by atoms with Gasteiger partial charge in [0.2, 0.25) is 6.79 Å². The number of ether oxygens (including phenoxy) is 2. The van der Waals surface area contributed by atoms with Crippen LogP contribution in [0.5, 0.6) is 11.5 Å². The molecule has 0 radical (unpaired) electrons. The Morgan fingerprint density at radius 3 is 2.95 bits per heavy atom. The first-order chi connectivity index (χ1) is 9.74. The van der Waals surface area contributed by atoms with Crippen molar-refractivity contribution in [2.45, 2.75) is 6.54 Å². The summed E-state index contributed by atoms with van der Waals surface area (Å²) in [6.07, 6.45) is 0.663. The molecule has 3 N–H and O–H groups in total. The number of carbonyl (C=O) groups excluding carboxylic acids is 1.